The number of hydrogen-bond donors (Lipinski definition) is 1. The van der Waals surface area contributed by atoms with Crippen LogP contribution in [0.3, 0.4) is 0 Å². The lowest BCUT2D eigenvalue weighted by molar-refractivity contribution is -0.137. The van der Waals surface area contributed by atoms with Gasteiger partial charge >= 0.3 is 12.1 Å². The van der Waals surface area contributed by atoms with Crippen LogP contribution in [-0.4, -0.2) is 51.8 Å². The molecule has 0 spiro atoms. The fourth-order valence-electron chi connectivity index (χ4n) is 1.24. The number of ether oxygens (including phenoxy) is 4. The molecule has 0 aliphatic carbocycles. The Bertz CT molecular complexity index is 287. The van der Waals surface area contributed by atoms with Crippen molar-refractivity contribution >= 4 is 12.1 Å². The molecule has 1 rings (SSSR count). The van der Waals surface area contributed by atoms with Crippen molar-refractivity contribution in [3.8, 4) is 0 Å². The van der Waals surface area contributed by atoms with E-state index < -0.39 is 12.1 Å². The lowest BCUT2D eigenvalue weighted by atomic mass is 10.2. The molecule has 1 saturated heterocycles. The molecule has 0 aromatic rings. The van der Waals surface area contributed by atoms with E-state index in [9.17, 15) is 9.59 Å². The first kappa shape index (κ1) is 14.5. The van der Waals surface area contributed by atoms with E-state index in [1.165, 1.54) is 0 Å². The third-order valence-corrected chi connectivity index (χ3v) is 2.11. The van der Waals surface area contributed by atoms with Gasteiger partial charge in [0.2, 0.25) is 0 Å². The molecule has 102 valence electrons. The molecule has 0 bridgehead atoms. The molecule has 7 nitrogen and oxygen atoms in total. The van der Waals surface area contributed by atoms with E-state index >= 15 is 0 Å². The Labute approximate surface area is 105 Å². The minimum absolute atomic E-state index is 0.0584. The van der Waals surface area contributed by atoms with Crippen molar-refractivity contribution in [2.24, 2.45) is 5.92 Å². The number of hydrogen-bond acceptors (Lipinski definition) is 6. The summed E-state index contributed by atoms with van der Waals surface area (Å²) in [6.07, 6.45) is 0.497. The average Bonchev–Trinajstić information content (AvgIpc) is 2.42. The van der Waals surface area contributed by atoms with E-state index in [0.29, 0.717) is 13.2 Å². The van der Waals surface area contributed by atoms with E-state index in [2.05, 4.69) is 16.6 Å². The van der Waals surface area contributed by atoms with Crippen LogP contribution in [-0.2, 0) is 23.7 Å². The van der Waals surface area contributed by atoms with Crippen molar-refractivity contribution in [2.45, 2.75) is 0 Å². The predicted molar refractivity (Wildman–Crippen MR) is 60.8 cm³/mol. The van der Waals surface area contributed by atoms with Crippen LogP contribution >= 0.6 is 0 Å². The van der Waals surface area contributed by atoms with Crippen molar-refractivity contribution < 1.29 is 28.5 Å². The molecule has 0 aromatic carbocycles. The minimum Gasteiger partial charge on any atom is -0.461 e. The highest BCUT2D eigenvalue weighted by Crippen LogP contribution is 2.05. The van der Waals surface area contributed by atoms with Gasteiger partial charge in [-0.2, -0.15) is 0 Å². The smallest absolute Gasteiger partial charge is 0.407 e. The maximum absolute atomic E-state index is 11.2. The Morgan fingerprint density at radius 3 is 2.72 bits per heavy atom. The molecule has 0 radical (unpaired) electrons. The molecule has 1 N–H and O–H groups in total. The highest BCUT2D eigenvalue weighted by atomic mass is 16.7. The highest BCUT2D eigenvalue weighted by Gasteiger charge is 2.16. The van der Waals surface area contributed by atoms with E-state index in [1.54, 1.807) is 0 Å². The summed E-state index contributed by atoms with van der Waals surface area (Å²) in [5, 5.41) is 2.45. The van der Waals surface area contributed by atoms with Crippen LogP contribution in [0.1, 0.15) is 0 Å². The predicted octanol–water partition coefficient (Wildman–Crippen LogP) is 0.0623. The minimum atomic E-state index is -0.560. The van der Waals surface area contributed by atoms with Gasteiger partial charge in [-0.05, 0) is 0 Å². The largest absolute Gasteiger partial charge is 0.461 e. The number of amides is 1. The highest BCUT2D eigenvalue weighted by molar-refractivity contribution is 5.81. The second-order valence-electron chi connectivity index (χ2n) is 3.62. The second-order valence-corrected chi connectivity index (χ2v) is 3.62. The first-order valence-electron chi connectivity index (χ1n) is 5.57. The van der Waals surface area contributed by atoms with Crippen molar-refractivity contribution in [1.29, 1.82) is 0 Å². The zero-order chi connectivity index (χ0) is 13.2. The summed E-state index contributed by atoms with van der Waals surface area (Å²) < 4.78 is 19.7. The maximum Gasteiger partial charge on any atom is 0.407 e. The number of nitrogens with one attached hydrogen (secondary N) is 1. The van der Waals surface area contributed by atoms with Gasteiger partial charge in [0.15, 0.2) is 0 Å². The topological polar surface area (TPSA) is 83.1 Å². The van der Waals surface area contributed by atoms with Crippen molar-refractivity contribution in [3.05, 3.63) is 12.7 Å². The van der Waals surface area contributed by atoms with Gasteiger partial charge in [0, 0.05) is 12.0 Å². The summed E-state index contributed by atoms with van der Waals surface area (Å²) in [5.41, 5.74) is 0. The Morgan fingerprint density at radius 2 is 2.06 bits per heavy atom. The fourth-order valence-corrected chi connectivity index (χ4v) is 1.24. The molecular weight excluding hydrogens is 242 g/mol. The van der Waals surface area contributed by atoms with Crippen molar-refractivity contribution in [2.75, 3.05) is 39.8 Å². The molecule has 1 heterocycles. The zero-order valence-corrected chi connectivity index (χ0v) is 10.1. The molecule has 0 saturated carbocycles. The van der Waals surface area contributed by atoms with Gasteiger partial charge in [-0.15, -0.1) is 0 Å². The van der Waals surface area contributed by atoms with Gasteiger partial charge in [0.1, 0.15) is 20.0 Å². The van der Waals surface area contributed by atoms with E-state index in [0.717, 1.165) is 6.08 Å². The molecular formula is C11H17NO6. The summed E-state index contributed by atoms with van der Waals surface area (Å²) in [7, 11) is 0. The van der Waals surface area contributed by atoms with E-state index in [4.69, 9.17) is 14.2 Å². The molecule has 0 unspecified atom stereocenters. The lowest BCUT2D eigenvalue weighted by Gasteiger charge is -2.21. The van der Waals surface area contributed by atoms with Crippen LogP contribution in [0.4, 0.5) is 4.79 Å². The van der Waals surface area contributed by atoms with Crippen molar-refractivity contribution in [3.63, 3.8) is 0 Å². The van der Waals surface area contributed by atoms with Gasteiger partial charge in [0.25, 0.3) is 0 Å². The molecule has 0 atom stereocenters. The molecule has 1 aliphatic rings. The Hall–Kier alpha value is -1.60. The van der Waals surface area contributed by atoms with Gasteiger partial charge in [-0.25, -0.2) is 9.59 Å². The number of rotatable bonds is 6. The Balaban J connectivity index is 1.99. The van der Waals surface area contributed by atoms with E-state index in [-0.39, 0.29) is 32.5 Å². The number of esters is 1. The summed E-state index contributed by atoms with van der Waals surface area (Å²) in [6.45, 7) is 5.07. The van der Waals surface area contributed by atoms with Gasteiger partial charge in [0.05, 0.1) is 19.8 Å². The second kappa shape index (κ2) is 8.48. The number of alkyl carbamates (subject to hydrolysis) is 1. The summed E-state index contributed by atoms with van der Waals surface area (Å²) >= 11 is 0. The lowest BCUT2D eigenvalue weighted by Crippen LogP contribution is -2.33. The van der Waals surface area contributed by atoms with Crippen LogP contribution in [0.15, 0.2) is 12.7 Å². The van der Waals surface area contributed by atoms with Crippen LogP contribution in [0.25, 0.3) is 0 Å². The summed E-state index contributed by atoms with van der Waals surface area (Å²) in [6, 6.07) is 0. The monoisotopic (exact) mass is 259 g/mol. The van der Waals surface area contributed by atoms with Crippen LogP contribution < -0.4 is 5.32 Å². The number of carbonyl (C=O) groups is 2. The van der Waals surface area contributed by atoms with Crippen LogP contribution in [0.2, 0.25) is 0 Å². The molecule has 18 heavy (non-hydrogen) atoms. The molecule has 7 heteroatoms. The Morgan fingerprint density at radius 1 is 1.33 bits per heavy atom. The van der Waals surface area contributed by atoms with Gasteiger partial charge in [-0.3, -0.25) is 0 Å². The summed E-state index contributed by atoms with van der Waals surface area (Å²) in [5.74, 6) is -0.468. The quantitative estimate of drug-likeness (QED) is 0.412. The summed E-state index contributed by atoms with van der Waals surface area (Å²) in [4.78, 5) is 21.9. The molecule has 1 aliphatic heterocycles. The normalized spacial score (nSPS) is 15.8. The van der Waals surface area contributed by atoms with Crippen LogP contribution in [0, 0.1) is 5.92 Å². The molecule has 0 aromatic heterocycles. The SMILES string of the molecule is C=CC(=O)OCCNC(=O)OCC1COCOC1. The molecule has 1 fully saturated rings. The Kier molecular flexibility index (Phi) is 6.82. The standard InChI is InChI=1S/C11H17NO6/c1-2-10(13)17-4-3-12-11(14)18-7-9-5-15-8-16-6-9/h2,9H,1,3-8H2,(H,12,14). The van der Waals surface area contributed by atoms with Crippen LogP contribution in [0.5, 0.6) is 0 Å². The van der Waals surface area contributed by atoms with Crippen molar-refractivity contribution in [1.82, 2.24) is 5.32 Å². The zero-order valence-electron chi connectivity index (χ0n) is 10.1. The third kappa shape index (κ3) is 6.21. The van der Waals surface area contributed by atoms with Gasteiger partial charge < -0.3 is 24.3 Å². The first-order valence-corrected chi connectivity index (χ1v) is 5.57. The third-order valence-electron chi connectivity index (χ3n) is 2.11. The number of carbonyl (C=O) groups excluding carboxylic acids is 2. The fraction of sp³-hybridized carbons (Fsp3) is 0.636. The van der Waals surface area contributed by atoms with E-state index in [1.807, 2.05) is 0 Å². The molecule has 1 amide bonds. The first-order chi connectivity index (χ1) is 8.72. The average molecular weight is 259 g/mol. The van der Waals surface area contributed by atoms with Gasteiger partial charge in [-0.1, -0.05) is 6.58 Å². The maximum atomic E-state index is 11.2.